The number of hydrogen-bond donors (Lipinski definition) is 2. The molecule has 0 amide bonds. The SMILES string of the molecule is Fc1cccc(F)c1CNCCc1c[nH]c2ccccc12. The Labute approximate surface area is 121 Å². The van der Waals surface area contributed by atoms with E-state index >= 15 is 0 Å². The van der Waals surface area contributed by atoms with Crippen LogP contribution in [-0.2, 0) is 13.0 Å². The molecule has 0 atom stereocenters. The highest BCUT2D eigenvalue weighted by Crippen LogP contribution is 2.18. The fraction of sp³-hybridized carbons (Fsp3) is 0.176. The minimum absolute atomic E-state index is 0.0939. The van der Waals surface area contributed by atoms with Crippen molar-refractivity contribution in [2.24, 2.45) is 0 Å². The first-order valence-electron chi connectivity index (χ1n) is 6.94. The second-order valence-electron chi connectivity index (χ2n) is 4.99. The second-order valence-corrected chi connectivity index (χ2v) is 4.99. The van der Waals surface area contributed by atoms with E-state index < -0.39 is 11.6 Å². The van der Waals surface area contributed by atoms with Gasteiger partial charge in [0.1, 0.15) is 11.6 Å². The van der Waals surface area contributed by atoms with Gasteiger partial charge in [0.15, 0.2) is 0 Å². The lowest BCUT2D eigenvalue weighted by atomic mass is 10.1. The van der Waals surface area contributed by atoms with Gasteiger partial charge >= 0.3 is 0 Å². The largest absolute Gasteiger partial charge is 0.361 e. The van der Waals surface area contributed by atoms with Crippen molar-refractivity contribution < 1.29 is 8.78 Å². The fourth-order valence-corrected chi connectivity index (χ4v) is 2.48. The van der Waals surface area contributed by atoms with Crippen LogP contribution in [0.25, 0.3) is 10.9 Å². The van der Waals surface area contributed by atoms with Crippen LogP contribution in [0.15, 0.2) is 48.7 Å². The summed E-state index contributed by atoms with van der Waals surface area (Å²) < 4.78 is 26.9. The van der Waals surface area contributed by atoms with Gasteiger partial charge in [-0.25, -0.2) is 8.78 Å². The molecule has 0 aliphatic rings. The summed E-state index contributed by atoms with van der Waals surface area (Å²) in [4.78, 5) is 3.22. The van der Waals surface area contributed by atoms with Crippen LogP contribution in [0.1, 0.15) is 11.1 Å². The monoisotopic (exact) mass is 286 g/mol. The summed E-state index contributed by atoms with van der Waals surface area (Å²) in [5.74, 6) is -1.01. The van der Waals surface area contributed by atoms with Crippen LogP contribution in [0, 0.1) is 11.6 Å². The standard InChI is InChI=1S/C17H16F2N2/c18-15-5-3-6-16(19)14(15)11-20-9-8-12-10-21-17-7-2-1-4-13(12)17/h1-7,10,20-21H,8-9,11H2. The van der Waals surface area contributed by atoms with E-state index in [0.717, 1.165) is 11.9 Å². The van der Waals surface area contributed by atoms with E-state index in [1.165, 1.54) is 29.1 Å². The molecule has 108 valence electrons. The summed E-state index contributed by atoms with van der Waals surface area (Å²) in [5.41, 5.74) is 2.40. The van der Waals surface area contributed by atoms with Gasteiger partial charge in [-0.2, -0.15) is 0 Å². The third-order valence-electron chi connectivity index (χ3n) is 3.61. The number of H-pyrrole nitrogens is 1. The number of halogens is 2. The predicted octanol–water partition coefficient (Wildman–Crippen LogP) is 3.78. The Hall–Kier alpha value is -2.20. The number of benzene rings is 2. The lowest BCUT2D eigenvalue weighted by Gasteiger charge is -2.07. The molecular weight excluding hydrogens is 270 g/mol. The fourth-order valence-electron chi connectivity index (χ4n) is 2.48. The minimum Gasteiger partial charge on any atom is -0.361 e. The van der Waals surface area contributed by atoms with Crippen LogP contribution in [0.5, 0.6) is 0 Å². The summed E-state index contributed by atoms with van der Waals surface area (Å²) in [6.07, 6.45) is 2.79. The van der Waals surface area contributed by atoms with Crippen molar-refractivity contribution in [3.05, 3.63) is 71.4 Å². The van der Waals surface area contributed by atoms with Gasteiger partial charge in [-0.3, -0.25) is 0 Å². The first kappa shape index (κ1) is 13.8. The number of hydrogen-bond acceptors (Lipinski definition) is 1. The van der Waals surface area contributed by atoms with Crippen LogP contribution in [0.2, 0.25) is 0 Å². The molecule has 0 saturated carbocycles. The Morgan fingerprint density at radius 1 is 0.952 bits per heavy atom. The molecule has 3 aromatic rings. The van der Waals surface area contributed by atoms with Crippen molar-refractivity contribution in [2.45, 2.75) is 13.0 Å². The number of aromatic amines is 1. The Balaban J connectivity index is 1.59. The molecule has 2 N–H and O–H groups in total. The van der Waals surface area contributed by atoms with Gasteiger partial charge in [0.2, 0.25) is 0 Å². The molecule has 0 aliphatic heterocycles. The normalized spacial score (nSPS) is 11.1. The van der Waals surface area contributed by atoms with Gasteiger partial charge in [0, 0.05) is 29.2 Å². The highest BCUT2D eigenvalue weighted by atomic mass is 19.1. The van der Waals surface area contributed by atoms with E-state index in [0.29, 0.717) is 6.54 Å². The summed E-state index contributed by atoms with van der Waals surface area (Å²) in [7, 11) is 0. The van der Waals surface area contributed by atoms with Crippen LogP contribution in [0.3, 0.4) is 0 Å². The van der Waals surface area contributed by atoms with Crippen molar-refractivity contribution in [3.8, 4) is 0 Å². The van der Waals surface area contributed by atoms with E-state index in [9.17, 15) is 8.78 Å². The van der Waals surface area contributed by atoms with Crippen molar-refractivity contribution in [3.63, 3.8) is 0 Å². The average Bonchev–Trinajstić information content (AvgIpc) is 2.89. The first-order valence-corrected chi connectivity index (χ1v) is 6.94. The number of fused-ring (bicyclic) bond motifs is 1. The molecule has 0 aliphatic carbocycles. The van der Waals surface area contributed by atoms with Crippen LogP contribution in [0.4, 0.5) is 8.78 Å². The maximum Gasteiger partial charge on any atom is 0.130 e. The summed E-state index contributed by atoms with van der Waals surface area (Å²) in [5, 5.41) is 4.28. The molecule has 0 fully saturated rings. The van der Waals surface area contributed by atoms with E-state index in [-0.39, 0.29) is 12.1 Å². The van der Waals surface area contributed by atoms with E-state index in [1.54, 1.807) is 0 Å². The van der Waals surface area contributed by atoms with Gasteiger partial charge in [0.05, 0.1) is 0 Å². The van der Waals surface area contributed by atoms with Gasteiger partial charge < -0.3 is 10.3 Å². The van der Waals surface area contributed by atoms with Crippen molar-refractivity contribution >= 4 is 10.9 Å². The third-order valence-corrected chi connectivity index (χ3v) is 3.61. The molecule has 2 nitrogen and oxygen atoms in total. The maximum absolute atomic E-state index is 13.5. The summed E-state index contributed by atoms with van der Waals surface area (Å²) >= 11 is 0. The van der Waals surface area contributed by atoms with Gasteiger partial charge in [-0.15, -0.1) is 0 Å². The molecule has 0 spiro atoms. The lowest BCUT2D eigenvalue weighted by Crippen LogP contribution is -2.18. The maximum atomic E-state index is 13.5. The van der Waals surface area contributed by atoms with Gasteiger partial charge in [0.25, 0.3) is 0 Å². The molecule has 0 saturated heterocycles. The Morgan fingerprint density at radius 2 is 1.71 bits per heavy atom. The highest BCUT2D eigenvalue weighted by Gasteiger charge is 2.07. The first-order chi connectivity index (χ1) is 10.3. The average molecular weight is 286 g/mol. The minimum atomic E-state index is -0.505. The molecule has 21 heavy (non-hydrogen) atoms. The molecule has 0 bridgehead atoms. The van der Waals surface area contributed by atoms with Crippen LogP contribution >= 0.6 is 0 Å². The van der Waals surface area contributed by atoms with E-state index in [1.807, 2.05) is 24.4 Å². The van der Waals surface area contributed by atoms with Gasteiger partial charge in [-0.05, 0) is 36.7 Å². The number of nitrogens with one attached hydrogen (secondary N) is 2. The molecule has 4 heteroatoms. The zero-order chi connectivity index (χ0) is 14.7. The Bertz CT molecular complexity index is 729. The second kappa shape index (κ2) is 6.06. The van der Waals surface area contributed by atoms with Crippen molar-refractivity contribution in [2.75, 3.05) is 6.54 Å². The summed E-state index contributed by atoms with van der Waals surface area (Å²) in [6.45, 7) is 0.858. The number of aromatic nitrogens is 1. The molecule has 2 aromatic carbocycles. The Morgan fingerprint density at radius 3 is 2.52 bits per heavy atom. The van der Waals surface area contributed by atoms with Crippen molar-refractivity contribution in [1.82, 2.24) is 10.3 Å². The smallest absolute Gasteiger partial charge is 0.130 e. The molecule has 1 heterocycles. The topological polar surface area (TPSA) is 27.8 Å². The predicted molar refractivity (Wildman–Crippen MR) is 80.1 cm³/mol. The Kier molecular flexibility index (Phi) is 3.97. The van der Waals surface area contributed by atoms with E-state index in [4.69, 9.17) is 0 Å². The zero-order valence-electron chi connectivity index (χ0n) is 11.5. The molecular formula is C17H16F2N2. The van der Waals surface area contributed by atoms with Gasteiger partial charge in [-0.1, -0.05) is 24.3 Å². The van der Waals surface area contributed by atoms with Crippen molar-refractivity contribution in [1.29, 1.82) is 0 Å². The summed E-state index contributed by atoms with van der Waals surface area (Å²) in [6, 6.07) is 12.0. The molecule has 3 rings (SSSR count). The number of rotatable bonds is 5. The van der Waals surface area contributed by atoms with Crippen LogP contribution in [-0.4, -0.2) is 11.5 Å². The molecule has 0 radical (unpaired) electrons. The van der Waals surface area contributed by atoms with E-state index in [2.05, 4.69) is 16.4 Å². The highest BCUT2D eigenvalue weighted by molar-refractivity contribution is 5.83. The van der Waals surface area contributed by atoms with Crippen LogP contribution < -0.4 is 5.32 Å². The molecule has 0 unspecified atom stereocenters. The molecule has 1 aromatic heterocycles. The zero-order valence-corrected chi connectivity index (χ0v) is 11.5. The lowest BCUT2D eigenvalue weighted by molar-refractivity contribution is 0.536. The quantitative estimate of drug-likeness (QED) is 0.686. The number of para-hydroxylation sites is 1. The third kappa shape index (κ3) is 2.95.